The number of nitrogens with zero attached hydrogens (tertiary/aromatic N) is 2. The second-order valence-electron chi connectivity index (χ2n) is 11.4. The van der Waals surface area contributed by atoms with E-state index in [1.807, 2.05) is 44.2 Å². The van der Waals surface area contributed by atoms with E-state index >= 15 is 0 Å². The summed E-state index contributed by atoms with van der Waals surface area (Å²) in [6, 6.07) is 14.3. The summed E-state index contributed by atoms with van der Waals surface area (Å²) in [5.41, 5.74) is 4.71. The van der Waals surface area contributed by atoms with Gasteiger partial charge in [-0.2, -0.15) is 0 Å². The van der Waals surface area contributed by atoms with E-state index in [0.29, 0.717) is 40.4 Å². The summed E-state index contributed by atoms with van der Waals surface area (Å²) < 4.78 is 5.89. The number of benzene rings is 3. The van der Waals surface area contributed by atoms with Gasteiger partial charge < -0.3 is 14.9 Å². The number of hydrogen-bond donors (Lipinski definition) is 2. The van der Waals surface area contributed by atoms with Crippen LogP contribution in [0.3, 0.4) is 0 Å². The highest BCUT2D eigenvalue weighted by molar-refractivity contribution is 5.90. The average Bonchev–Trinajstić information content (AvgIpc) is 3.10. The van der Waals surface area contributed by atoms with E-state index in [2.05, 4.69) is 88.0 Å². The van der Waals surface area contributed by atoms with Crippen LogP contribution in [-0.4, -0.2) is 29.2 Å². The first-order chi connectivity index (χ1) is 24.4. The fraction of sp³-hybridized carbons (Fsp3) is 0.289. The van der Waals surface area contributed by atoms with Crippen LogP contribution in [0.25, 0.3) is 0 Å². The van der Waals surface area contributed by atoms with Gasteiger partial charge in [0, 0.05) is 35.2 Å². The summed E-state index contributed by atoms with van der Waals surface area (Å²) in [5.74, 6) is 32.9. The third-order valence-corrected chi connectivity index (χ3v) is 7.35. The minimum absolute atomic E-state index is 0.0617. The number of rotatable bonds is 14. The Morgan fingerprint density at radius 1 is 0.620 bits per heavy atom. The second-order valence-corrected chi connectivity index (χ2v) is 11.4. The van der Waals surface area contributed by atoms with Crippen molar-refractivity contribution in [2.75, 3.05) is 6.61 Å². The van der Waals surface area contributed by atoms with Crippen molar-refractivity contribution < 1.29 is 14.9 Å². The van der Waals surface area contributed by atoms with Gasteiger partial charge in [0.25, 0.3) is 0 Å². The van der Waals surface area contributed by atoms with Gasteiger partial charge >= 0.3 is 0 Å². The predicted molar refractivity (Wildman–Crippen MR) is 206 cm³/mol. The lowest BCUT2D eigenvalue weighted by molar-refractivity contribution is 0.302. The standard InChI is InChI=1S/C45H42N2O3/c1-5-7-9-11-13-15-16-17-18-20-22-24-38-32-43(42(31-37(38)4)46-34-39-26-25-36(3)30-44(39)48)47-35-40-27-28-41(33-45(40)49)50-29-23-21-19-14-12-10-8-6-2/h25-28,30-35,48-49H,6,8,10,12,14,19,21,23,29H2,1-4H3. The van der Waals surface area contributed by atoms with Crippen molar-refractivity contribution in [3.8, 4) is 88.3 Å². The zero-order valence-corrected chi connectivity index (χ0v) is 29.3. The Kier molecular flexibility index (Phi) is 17.1. The maximum atomic E-state index is 10.8. The molecule has 0 saturated heterocycles. The molecule has 250 valence electrons. The molecule has 0 aromatic heterocycles. The van der Waals surface area contributed by atoms with Crippen LogP contribution in [0, 0.1) is 84.9 Å². The fourth-order valence-corrected chi connectivity index (χ4v) is 4.62. The SMILES string of the molecule is CC#CC#CC#CC#CC#CC#Cc1cc(N=Cc2ccc(OCCCCCCCCCC)cc2O)c(N=Cc2ccc(C)cc2O)cc1C. The molecule has 50 heavy (non-hydrogen) atoms. The molecule has 0 fully saturated rings. The molecule has 0 spiro atoms. The monoisotopic (exact) mass is 658 g/mol. The molecule has 3 aromatic carbocycles. The van der Waals surface area contributed by atoms with Gasteiger partial charge in [0.2, 0.25) is 0 Å². The highest BCUT2D eigenvalue weighted by Crippen LogP contribution is 2.32. The largest absolute Gasteiger partial charge is 0.507 e. The average molecular weight is 659 g/mol. The molecular formula is C45H42N2O3. The molecule has 0 radical (unpaired) electrons. The number of phenolic OH excluding ortho intramolecular Hbond substituents is 2. The Hall–Kier alpha value is -6.24. The van der Waals surface area contributed by atoms with E-state index in [0.717, 1.165) is 24.0 Å². The first-order valence-corrected chi connectivity index (χ1v) is 16.8. The van der Waals surface area contributed by atoms with Crippen molar-refractivity contribution in [3.05, 3.63) is 76.3 Å². The van der Waals surface area contributed by atoms with Crippen molar-refractivity contribution >= 4 is 23.8 Å². The number of aliphatic imine (C=N–C) groups is 2. The molecule has 0 aliphatic heterocycles. The van der Waals surface area contributed by atoms with Crippen molar-refractivity contribution in [2.45, 2.75) is 79.1 Å². The zero-order chi connectivity index (χ0) is 35.8. The number of phenols is 2. The lowest BCUT2D eigenvalue weighted by Gasteiger charge is -2.08. The Balaban J connectivity index is 1.78. The molecule has 0 atom stereocenters. The number of ether oxygens (including phenoxy) is 1. The summed E-state index contributed by atoms with van der Waals surface area (Å²) in [6.45, 7) is 8.38. The van der Waals surface area contributed by atoms with Crippen molar-refractivity contribution in [1.82, 2.24) is 0 Å². The van der Waals surface area contributed by atoms with Gasteiger partial charge in [0.1, 0.15) is 17.2 Å². The van der Waals surface area contributed by atoms with Crippen LogP contribution in [-0.2, 0) is 0 Å². The topological polar surface area (TPSA) is 74.4 Å². The smallest absolute Gasteiger partial charge is 0.128 e. The van der Waals surface area contributed by atoms with Crippen LogP contribution in [0.15, 0.2) is 58.5 Å². The molecule has 5 heteroatoms. The van der Waals surface area contributed by atoms with Crippen LogP contribution in [0.4, 0.5) is 11.4 Å². The Bertz CT molecular complexity index is 2070. The minimum atomic E-state index is 0.0617. The van der Waals surface area contributed by atoms with Gasteiger partial charge in [-0.1, -0.05) is 69.8 Å². The van der Waals surface area contributed by atoms with Crippen LogP contribution in [0.1, 0.15) is 93.0 Å². The zero-order valence-electron chi connectivity index (χ0n) is 29.3. The van der Waals surface area contributed by atoms with Crippen molar-refractivity contribution in [2.24, 2.45) is 9.98 Å². The molecular weight excluding hydrogens is 617 g/mol. The Morgan fingerprint density at radius 2 is 1.16 bits per heavy atom. The molecule has 0 amide bonds. The fourth-order valence-electron chi connectivity index (χ4n) is 4.62. The minimum Gasteiger partial charge on any atom is -0.507 e. The van der Waals surface area contributed by atoms with Gasteiger partial charge in [0.05, 0.1) is 18.0 Å². The van der Waals surface area contributed by atoms with Gasteiger partial charge in [0.15, 0.2) is 0 Å². The summed E-state index contributed by atoms with van der Waals surface area (Å²) in [4.78, 5) is 9.33. The second kappa shape index (κ2) is 22.4. The summed E-state index contributed by atoms with van der Waals surface area (Å²) >= 11 is 0. The Morgan fingerprint density at radius 3 is 1.76 bits per heavy atom. The number of hydrogen-bond acceptors (Lipinski definition) is 5. The molecule has 0 unspecified atom stereocenters. The van der Waals surface area contributed by atoms with E-state index in [4.69, 9.17) is 4.74 Å². The molecule has 0 aliphatic carbocycles. The normalized spacial score (nSPS) is 9.76. The van der Waals surface area contributed by atoms with E-state index in [9.17, 15) is 10.2 Å². The van der Waals surface area contributed by atoms with Gasteiger partial charge in [-0.25, -0.2) is 0 Å². The number of aromatic hydroxyl groups is 2. The van der Waals surface area contributed by atoms with Crippen LogP contribution >= 0.6 is 0 Å². The number of aryl methyl sites for hydroxylation is 2. The molecule has 0 saturated carbocycles. The van der Waals surface area contributed by atoms with E-state index in [1.165, 1.54) is 38.5 Å². The third-order valence-electron chi connectivity index (χ3n) is 7.35. The first kappa shape index (κ1) is 38.2. The van der Waals surface area contributed by atoms with E-state index in [1.54, 1.807) is 37.6 Å². The number of unbranched alkanes of at least 4 members (excludes halogenated alkanes) is 7. The highest BCUT2D eigenvalue weighted by atomic mass is 16.5. The van der Waals surface area contributed by atoms with E-state index < -0.39 is 0 Å². The third kappa shape index (κ3) is 14.3. The quantitative estimate of drug-likeness (QED) is 0.103. The predicted octanol–water partition coefficient (Wildman–Crippen LogP) is 9.12. The molecule has 5 nitrogen and oxygen atoms in total. The van der Waals surface area contributed by atoms with Crippen molar-refractivity contribution in [3.63, 3.8) is 0 Å². The van der Waals surface area contributed by atoms with Crippen LogP contribution < -0.4 is 4.74 Å². The lowest BCUT2D eigenvalue weighted by atomic mass is 10.1. The van der Waals surface area contributed by atoms with Crippen LogP contribution in [0.5, 0.6) is 17.2 Å². The maximum Gasteiger partial charge on any atom is 0.128 e. The highest BCUT2D eigenvalue weighted by Gasteiger charge is 2.08. The van der Waals surface area contributed by atoms with Crippen LogP contribution in [0.2, 0.25) is 0 Å². The molecule has 2 N–H and O–H groups in total. The summed E-state index contributed by atoms with van der Waals surface area (Å²) in [6.07, 6.45) is 13.0. The summed E-state index contributed by atoms with van der Waals surface area (Å²) in [5, 5.41) is 21.1. The van der Waals surface area contributed by atoms with Crippen molar-refractivity contribution in [1.29, 1.82) is 0 Å². The van der Waals surface area contributed by atoms with E-state index in [-0.39, 0.29) is 11.5 Å². The first-order valence-electron chi connectivity index (χ1n) is 16.8. The summed E-state index contributed by atoms with van der Waals surface area (Å²) in [7, 11) is 0. The molecule has 3 aromatic rings. The molecule has 0 heterocycles. The van der Waals surface area contributed by atoms with Gasteiger partial charge in [-0.15, -0.1) is 0 Å². The molecule has 3 rings (SSSR count). The Labute approximate surface area is 298 Å². The van der Waals surface area contributed by atoms with Gasteiger partial charge in [-0.05, 0) is 134 Å². The van der Waals surface area contributed by atoms with Gasteiger partial charge in [-0.3, -0.25) is 9.98 Å². The maximum absolute atomic E-state index is 10.8. The lowest BCUT2D eigenvalue weighted by Crippen LogP contribution is -1.97. The molecule has 0 bridgehead atoms. The molecule has 0 aliphatic rings.